The number of anilines is 1. The van der Waals surface area contributed by atoms with E-state index in [4.69, 9.17) is 4.74 Å². The van der Waals surface area contributed by atoms with E-state index in [2.05, 4.69) is 5.32 Å². The van der Waals surface area contributed by atoms with E-state index >= 15 is 0 Å². The summed E-state index contributed by atoms with van der Waals surface area (Å²) in [6.45, 7) is 3.44. The molecule has 0 aromatic heterocycles. The fourth-order valence-corrected chi connectivity index (χ4v) is 3.54. The predicted molar refractivity (Wildman–Crippen MR) is 97.7 cm³/mol. The highest BCUT2D eigenvalue weighted by Gasteiger charge is 2.31. The van der Waals surface area contributed by atoms with Gasteiger partial charge in [-0.05, 0) is 43.2 Å². The van der Waals surface area contributed by atoms with Gasteiger partial charge in [0, 0.05) is 18.0 Å². The number of carbonyl (C=O) groups excluding carboxylic acids is 1. The zero-order valence-corrected chi connectivity index (χ0v) is 15.6. The molecule has 0 radical (unpaired) electrons. The molecule has 0 spiro atoms. The summed E-state index contributed by atoms with van der Waals surface area (Å²) in [7, 11) is -4.57. The van der Waals surface area contributed by atoms with Gasteiger partial charge in [-0.1, -0.05) is 19.1 Å². The van der Waals surface area contributed by atoms with Crippen LogP contribution in [0.15, 0.2) is 58.5 Å². The molecule has 0 fully saturated rings. The molecule has 144 valence electrons. The van der Waals surface area contributed by atoms with Gasteiger partial charge in [0.15, 0.2) is 4.91 Å². The Morgan fingerprint density at radius 1 is 1.11 bits per heavy atom. The third-order valence-electron chi connectivity index (χ3n) is 3.68. The highest BCUT2D eigenvalue weighted by molar-refractivity contribution is 7.96. The van der Waals surface area contributed by atoms with Crippen molar-refractivity contribution in [1.29, 1.82) is 0 Å². The van der Waals surface area contributed by atoms with Gasteiger partial charge < -0.3 is 10.1 Å². The standard InChI is InChI=1S/C19H19F2NO4S/c1-3-13-5-8-15(9-6-13)22-12-18(19(23)26-4-2)27(24,25)17-10-7-14(20)11-16(17)21/h5-12,22H,3-4H2,1-2H3. The van der Waals surface area contributed by atoms with Gasteiger partial charge in [-0.15, -0.1) is 0 Å². The normalized spacial score (nSPS) is 11.9. The molecule has 0 unspecified atom stereocenters. The van der Waals surface area contributed by atoms with Crippen molar-refractivity contribution < 1.29 is 26.7 Å². The molecule has 0 aliphatic heterocycles. The van der Waals surface area contributed by atoms with E-state index in [-0.39, 0.29) is 6.61 Å². The van der Waals surface area contributed by atoms with Crippen molar-refractivity contribution >= 4 is 21.5 Å². The average molecular weight is 395 g/mol. The third-order valence-corrected chi connectivity index (χ3v) is 5.46. The summed E-state index contributed by atoms with van der Waals surface area (Å²) in [5, 5.41) is 2.70. The molecular formula is C19H19F2NO4S. The molecule has 0 saturated carbocycles. The first-order valence-electron chi connectivity index (χ1n) is 8.22. The van der Waals surface area contributed by atoms with E-state index in [1.165, 1.54) is 6.92 Å². The van der Waals surface area contributed by atoms with E-state index in [1.54, 1.807) is 12.1 Å². The summed E-state index contributed by atoms with van der Waals surface area (Å²) in [4.78, 5) is 10.6. The Labute approximate surface area is 156 Å². The SMILES string of the molecule is CCOC(=O)C(=CNc1ccc(CC)cc1)S(=O)(=O)c1ccc(F)cc1F. The summed E-state index contributed by atoms with van der Waals surface area (Å²) in [6, 6.07) is 9.11. The van der Waals surface area contributed by atoms with Crippen LogP contribution in [0, 0.1) is 11.6 Å². The lowest BCUT2D eigenvalue weighted by Gasteiger charge is -2.11. The highest BCUT2D eigenvalue weighted by atomic mass is 32.2. The topological polar surface area (TPSA) is 72.5 Å². The van der Waals surface area contributed by atoms with Crippen LogP contribution in [-0.4, -0.2) is 21.0 Å². The molecule has 2 aromatic carbocycles. The van der Waals surface area contributed by atoms with Gasteiger partial charge in [0.2, 0.25) is 9.84 Å². The second-order valence-electron chi connectivity index (χ2n) is 5.50. The number of sulfone groups is 1. The number of esters is 1. The van der Waals surface area contributed by atoms with E-state index in [0.717, 1.165) is 30.3 Å². The fourth-order valence-electron chi connectivity index (χ4n) is 2.25. The van der Waals surface area contributed by atoms with Crippen LogP contribution in [-0.2, 0) is 25.8 Å². The number of rotatable bonds is 7. The van der Waals surface area contributed by atoms with Gasteiger partial charge in [0.1, 0.15) is 16.5 Å². The average Bonchev–Trinajstić information content (AvgIpc) is 2.62. The lowest BCUT2D eigenvalue weighted by atomic mass is 10.1. The van der Waals surface area contributed by atoms with Crippen molar-refractivity contribution in [1.82, 2.24) is 0 Å². The number of hydrogen-bond acceptors (Lipinski definition) is 5. The molecule has 0 amide bonds. The van der Waals surface area contributed by atoms with Crippen molar-refractivity contribution in [3.05, 3.63) is 70.8 Å². The van der Waals surface area contributed by atoms with Crippen LogP contribution in [0.3, 0.4) is 0 Å². The number of aryl methyl sites for hydroxylation is 1. The fraction of sp³-hybridized carbons (Fsp3) is 0.211. The summed E-state index contributed by atoms with van der Waals surface area (Å²) >= 11 is 0. The minimum atomic E-state index is -4.57. The van der Waals surface area contributed by atoms with Gasteiger partial charge in [-0.2, -0.15) is 0 Å². The first-order chi connectivity index (χ1) is 12.8. The molecule has 5 nitrogen and oxygen atoms in total. The zero-order valence-electron chi connectivity index (χ0n) is 14.8. The van der Waals surface area contributed by atoms with Crippen LogP contribution in [0.1, 0.15) is 19.4 Å². The summed E-state index contributed by atoms with van der Waals surface area (Å²) in [6.07, 6.45) is 1.78. The first kappa shape index (κ1) is 20.6. The van der Waals surface area contributed by atoms with Gasteiger partial charge in [-0.3, -0.25) is 0 Å². The molecule has 2 aromatic rings. The Hall–Kier alpha value is -2.74. The summed E-state index contributed by atoms with van der Waals surface area (Å²) < 4.78 is 57.3. The number of benzene rings is 2. The molecule has 0 heterocycles. The Morgan fingerprint density at radius 3 is 2.33 bits per heavy atom. The minimum absolute atomic E-state index is 0.0667. The number of nitrogens with one attached hydrogen (secondary N) is 1. The van der Waals surface area contributed by atoms with Gasteiger partial charge in [-0.25, -0.2) is 22.0 Å². The van der Waals surface area contributed by atoms with Crippen molar-refractivity contribution in [2.75, 3.05) is 11.9 Å². The van der Waals surface area contributed by atoms with Crippen molar-refractivity contribution in [3.63, 3.8) is 0 Å². The molecule has 2 rings (SSSR count). The third kappa shape index (κ3) is 4.91. The minimum Gasteiger partial charge on any atom is -0.462 e. The van der Waals surface area contributed by atoms with Crippen molar-refractivity contribution in [2.45, 2.75) is 25.2 Å². The first-order valence-corrected chi connectivity index (χ1v) is 9.70. The molecule has 0 aliphatic rings. The van der Waals surface area contributed by atoms with Crippen LogP contribution >= 0.6 is 0 Å². The quantitative estimate of drug-likeness (QED) is 0.438. The molecule has 0 aliphatic carbocycles. The zero-order chi connectivity index (χ0) is 20.0. The van der Waals surface area contributed by atoms with E-state index in [0.29, 0.717) is 11.8 Å². The van der Waals surface area contributed by atoms with E-state index in [9.17, 15) is 22.0 Å². The number of hydrogen-bond donors (Lipinski definition) is 1. The highest BCUT2D eigenvalue weighted by Crippen LogP contribution is 2.24. The summed E-state index contributed by atoms with van der Waals surface area (Å²) in [5.74, 6) is -3.36. The Balaban J connectivity index is 2.44. The number of halogens is 2. The summed E-state index contributed by atoms with van der Waals surface area (Å²) in [5.41, 5.74) is 1.61. The predicted octanol–water partition coefficient (Wildman–Crippen LogP) is 3.82. The van der Waals surface area contributed by atoms with Crippen LogP contribution in [0.25, 0.3) is 0 Å². The smallest absolute Gasteiger partial charge is 0.351 e. The largest absolute Gasteiger partial charge is 0.462 e. The second kappa shape index (κ2) is 8.77. The van der Waals surface area contributed by atoms with Crippen LogP contribution in [0.2, 0.25) is 0 Å². The maximum absolute atomic E-state index is 14.0. The van der Waals surface area contributed by atoms with E-state index < -0.39 is 37.2 Å². The maximum Gasteiger partial charge on any atom is 0.351 e. The molecule has 27 heavy (non-hydrogen) atoms. The lowest BCUT2D eigenvalue weighted by Crippen LogP contribution is -2.19. The Morgan fingerprint density at radius 2 is 1.78 bits per heavy atom. The van der Waals surface area contributed by atoms with Crippen molar-refractivity contribution in [3.8, 4) is 0 Å². The molecule has 0 bridgehead atoms. The van der Waals surface area contributed by atoms with Crippen molar-refractivity contribution in [2.24, 2.45) is 0 Å². The molecule has 0 atom stereocenters. The van der Waals surface area contributed by atoms with Gasteiger partial charge in [0.05, 0.1) is 6.61 Å². The molecule has 0 saturated heterocycles. The van der Waals surface area contributed by atoms with Gasteiger partial charge >= 0.3 is 5.97 Å². The Kier molecular flexibility index (Phi) is 6.68. The van der Waals surface area contributed by atoms with Crippen LogP contribution in [0.5, 0.6) is 0 Å². The number of ether oxygens (including phenoxy) is 1. The molecule has 8 heteroatoms. The van der Waals surface area contributed by atoms with Gasteiger partial charge in [0.25, 0.3) is 0 Å². The Bertz CT molecular complexity index is 954. The van der Waals surface area contributed by atoms with Crippen LogP contribution in [0.4, 0.5) is 14.5 Å². The van der Waals surface area contributed by atoms with Crippen LogP contribution < -0.4 is 5.32 Å². The molecular weight excluding hydrogens is 376 g/mol. The molecule has 1 N–H and O–H groups in total. The maximum atomic E-state index is 14.0. The second-order valence-corrected chi connectivity index (χ2v) is 7.39. The number of carbonyl (C=O) groups is 1. The monoisotopic (exact) mass is 395 g/mol. The lowest BCUT2D eigenvalue weighted by molar-refractivity contribution is -0.137. The van der Waals surface area contributed by atoms with E-state index in [1.807, 2.05) is 19.1 Å².